The van der Waals surface area contributed by atoms with Gasteiger partial charge in [0, 0.05) is 49.9 Å². The third-order valence-corrected chi connectivity index (χ3v) is 6.34. The number of halogens is 1. The molecule has 2 atom stereocenters. The van der Waals surface area contributed by atoms with Gasteiger partial charge in [0.2, 0.25) is 5.91 Å². The standard InChI is InChI=1S/C25H25FN4O/c26-20-7-9-21(10-8-20)29-12-13-30-23-6-2-1-5-19(23)14-22(24(30)17-29)25(31)28-16-18-4-3-11-27-15-18/h1-11,15,22,24H,12-14,16-17H2,(H,28,31)/t22-,24+/m0/s1. The van der Waals surface area contributed by atoms with Crippen molar-refractivity contribution in [3.63, 3.8) is 0 Å². The third-order valence-electron chi connectivity index (χ3n) is 6.34. The number of anilines is 2. The molecule has 1 N–H and O–H groups in total. The lowest BCUT2D eigenvalue weighted by Crippen LogP contribution is -2.61. The van der Waals surface area contributed by atoms with E-state index in [1.807, 2.05) is 30.3 Å². The first kappa shape index (κ1) is 19.5. The molecule has 0 spiro atoms. The average Bonchev–Trinajstić information content (AvgIpc) is 2.83. The first-order valence-corrected chi connectivity index (χ1v) is 10.7. The van der Waals surface area contributed by atoms with Crippen molar-refractivity contribution in [3.8, 4) is 0 Å². The summed E-state index contributed by atoms with van der Waals surface area (Å²) in [7, 11) is 0. The number of hydrogen-bond acceptors (Lipinski definition) is 4. The predicted molar refractivity (Wildman–Crippen MR) is 119 cm³/mol. The Kier molecular flexibility index (Phi) is 5.28. The molecule has 0 aliphatic carbocycles. The second-order valence-corrected chi connectivity index (χ2v) is 8.20. The highest BCUT2D eigenvalue weighted by molar-refractivity contribution is 5.82. The van der Waals surface area contributed by atoms with Crippen molar-refractivity contribution in [2.75, 3.05) is 29.4 Å². The highest BCUT2D eigenvalue weighted by atomic mass is 19.1. The highest BCUT2D eigenvalue weighted by Crippen LogP contribution is 2.37. The molecule has 2 aromatic carbocycles. The number of benzene rings is 2. The van der Waals surface area contributed by atoms with Crippen LogP contribution in [0.3, 0.4) is 0 Å². The van der Waals surface area contributed by atoms with Crippen LogP contribution in [0.1, 0.15) is 11.1 Å². The van der Waals surface area contributed by atoms with Crippen LogP contribution in [0, 0.1) is 11.7 Å². The molecule has 1 fully saturated rings. The molecular formula is C25H25FN4O. The van der Waals surface area contributed by atoms with E-state index in [1.165, 1.54) is 23.4 Å². The molecule has 0 radical (unpaired) electrons. The number of fused-ring (bicyclic) bond motifs is 3. The Morgan fingerprint density at radius 3 is 2.71 bits per heavy atom. The molecule has 5 nitrogen and oxygen atoms in total. The molecule has 3 heterocycles. The SMILES string of the molecule is O=C(NCc1cccnc1)[C@H]1Cc2ccccc2N2CCN(c3ccc(F)cc3)C[C@H]12. The van der Waals surface area contributed by atoms with Crippen molar-refractivity contribution in [1.29, 1.82) is 0 Å². The third kappa shape index (κ3) is 3.98. The molecule has 1 amide bonds. The average molecular weight is 417 g/mol. The Bertz CT molecular complexity index is 1060. The molecule has 6 heteroatoms. The second kappa shape index (κ2) is 8.38. The Morgan fingerprint density at radius 2 is 1.90 bits per heavy atom. The number of aromatic nitrogens is 1. The van der Waals surface area contributed by atoms with Gasteiger partial charge >= 0.3 is 0 Å². The van der Waals surface area contributed by atoms with Gasteiger partial charge in [-0.05, 0) is 53.9 Å². The van der Waals surface area contributed by atoms with Crippen molar-refractivity contribution in [2.24, 2.45) is 5.92 Å². The number of carbonyl (C=O) groups is 1. The van der Waals surface area contributed by atoms with Crippen LogP contribution in [0.25, 0.3) is 0 Å². The van der Waals surface area contributed by atoms with Crippen molar-refractivity contribution in [1.82, 2.24) is 10.3 Å². The topological polar surface area (TPSA) is 48.5 Å². The Balaban J connectivity index is 1.39. The fraction of sp³-hybridized carbons (Fsp3) is 0.280. The van der Waals surface area contributed by atoms with Crippen LogP contribution in [-0.2, 0) is 17.8 Å². The zero-order valence-corrected chi connectivity index (χ0v) is 17.2. The van der Waals surface area contributed by atoms with Crippen LogP contribution in [0.15, 0.2) is 73.1 Å². The van der Waals surface area contributed by atoms with Gasteiger partial charge in [0.15, 0.2) is 0 Å². The summed E-state index contributed by atoms with van der Waals surface area (Å²) in [6.45, 7) is 2.86. The van der Waals surface area contributed by atoms with E-state index in [1.54, 1.807) is 12.4 Å². The van der Waals surface area contributed by atoms with E-state index in [0.29, 0.717) is 13.0 Å². The Labute approximate surface area is 181 Å². The number of piperazine rings is 1. The summed E-state index contributed by atoms with van der Waals surface area (Å²) >= 11 is 0. The first-order chi connectivity index (χ1) is 15.2. The van der Waals surface area contributed by atoms with Gasteiger partial charge in [-0.2, -0.15) is 0 Å². The highest BCUT2D eigenvalue weighted by Gasteiger charge is 2.41. The van der Waals surface area contributed by atoms with Crippen LogP contribution in [-0.4, -0.2) is 36.6 Å². The van der Waals surface area contributed by atoms with E-state index in [0.717, 1.165) is 30.9 Å². The maximum Gasteiger partial charge on any atom is 0.225 e. The van der Waals surface area contributed by atoms with Crippen LogP contribution in [0.4, 0.5) is 15.8 Å². The number of pyridine rings is 1. The molecule has 2 aliphatic rings. The predicted octanol–water partition coefficient (Wildman–Crippen LogP) is 3.40. The number of nitrogens with zero attached hydrogens (tertiary/aromatic N) is 3. The lowest BCUT2D eigenvalue weighted by molar-refractivity contribution is -0.126. The molecule has 5 rings (SSSR count). The van der Waals surface area contributed by atoms with Crippen LogP contribution in [0.5, 0.6) is 0 Å². The van der Waals surface area contributed by atoms with Crippen molar-refractivity contribution in [2.45, 2.75) is 19.0 Å². The second-order valence-electron chi connectivity index (χ2n) is 8.20. The normalized spacial score (nSPS) is 20.0. The summed E-state index contributed by atoms with van der Waals surface area (Å²) in [4.78, 5) is 22.1. The minimum Gasteiger partial charge on any atom is -0.368 e. The molecule has 0 saturated carbocycles. The molecule has 1 aromatic heterocycles. The fourth-order valence-electron chi connectivity index (χ4n) is 4.77. The molecule has 3 aromatic rings. The summed E-state index contributed by atoms with van der Waals surface area (Å²) in [5.41, 5.74) is 4.42. The van der Waals surface area contributed by atoms with Gasteiger partial charge in [-0.15, -0.1) is 0 Å². The molecular weight excluding hydrogens is 391 g/mol. The summed E-state index contributed by atoms with van der Waals surface area (Å²) in [6, 6.07) is 18.9. The lowest BCUT2D eigenvalue weighted by atomic mass is 9.83. The van der Waals surface area contributed by atoms with Crippen LogP contribution in [0.2, 0.25) is 0 Å². The van der Waals surface area contributed by atoms with Crippen molar-refractivity contribution >= 4 is 17.3 Å². The summed E-state index contributed by atoms with van der Waals surface area (Å²) in [6.07, 6.45) is 4.22. The fourth-order valence-corrected chi connectivity index (χ4v) is 4.77. The van der Waals surface area contributed by atoms with E-state index >= 15 is 0 Å². The number of amides is 1. The molecule has 2 aliphatic heterocycles. The minimum absolute atomic E-state index is 0.0580. The molecule has 1 saturated heterocycles. The number of para-hydroxylation sites is 1. The van der Waals surface area contributed by atoms with Gasteiger partial charge in [-0.25, -0.2) is 4.39 Å². The van der Waals surface area contributed by atoms with E-state index < -0.39 is 0 Å². The Morgan fingerprint density at radius 1 is 1.06 bits per heavy atom. The maximum absolute atomic E-state index is 13.4. The van der Waals surface area contributed by atoms with Gasteiger partial charge in [-0.1, -0.05) is 24.3 Å². The smallest absolute Gasteiger partial charge is 0.225 e. The molecule has 31 heavy (non-hydrogen) atoms. The Hall–Kier alpha value is -3.41. The molecule has 0 bridgehead atoms. The summed E-state index contributed by atoms with van der Waals surface area (Å²) < 4.78 is 13.4. The zero-order chi connectivity index (χ0) is 21.2. The zero-order valence-electron chi connectivity index (χ0n) is 17.2. The van der Waals surface area contributed by atoms with E-state index in [2.05, 4.69) is 38.3 Å². The molecule has 158 valence electrons. The van der Waals surface area contributed by atoms with E-state index in [9.17, 15) is 9.18 Å². The largest absolute Gasteiger partial charge is 0.368 e. The maximum atomic E-state index is 13.4. The number of nitrogens with one attached hydrogen (secondary N) is 1. The van der Waals surface area contributed by atoms with Crippen LogP contribution >= 0.6 is 0 Å². The van der Waals surface area contributed by atoms with E-state index in [4.69, 9.17) is 0 Å². The van der Waals surface area contributed by atoms with Crippen molar-refractivity contribution in [3.05, 3.63) is 90.0 Å². The van der Waals surface area contributed by atoms with Gasteiger partial charge < -0.3 is 15.1 Å². The number of carbonyl (C=O) groups excluding carboxylic acids is 1. The van der Waals surface area contributed by atoms with Crippen LogP contribution < -0.4 is 15.1 Å². The summed E-state index contributed by atoms with van der Waals surface area (Å²) in [5.74, 6) is -0.328. The summed E-state index contributed by atoms with van der Waals surface area (Å²) in [5, 5.41) is 3.12. The van der Waals surface area contributed by atoms with Crippen molar-refractivity contribution < 1.29 is 9.18 Å². The van der Waals surface area contributed by atoms with E-state index in [-0.39, 0.29) is 23.7 Å². The lowest BCUT2D eigenvalue weighted by Gasteiger charge is -2.49. The van der Waals surface area contributed by atoms with Gasteiger partial charge in [0.1, 0.15) is 5.82 Å². The number of rotatable bonds is 4. The number of hydrogen-bond donors (Lipinski definition) is 1. The van der Waals surface area contributed by atoms with Gasteiger partial charge in [0.25, 0.3) is 0 Å². The van der Waals surface area contributed by atoms with Gasteiger partial charge in [-0.3, -0.25) is 9.78 Å². The van der Waals surface area contributed by atoms with Gasteiger partial charge in [0.05, 0.1) is 12.0 Å². The monoisotopic (exact) mass is 416 g/mol. The minimum atomic E-state index is -0.235. The quantitative estimate of drug-likeness (QED) is 0.708. The first-order valence-electron chi connectivity index (χ1n) is 10.7. The molecule has 0 unspecified atom stereocenters.